The van der Waals surface area contributed by atoms with E-state index in [2.05, 4.69) is 28.4 Å². The van der Waals surface area contributed by atoms with Gasteiger partial charge in [-0.2, -0.15) is 15.4 Å². The third-order valence-corrected chi connectivity index (χ3v) is 1.76. The first kappa shape index (κ1) is 7.98. The number of hydrogen-bond donors (Lipinski definition) is 1. The van der Waals surface area contributed by atoms with Gasteiger partial charge in [-0.15, -0.1) is 0 Å². The van der Waals surface area contributed by atoms with Gasteiger partial charge >= 0.3 is 0 Å². The van der Waals surface area contributed by atoms with Gasteiger partial charge in [-0.1, -0.05) is 13.0 Å². The molecule has 0 bridgehead atoms. The number of aryl methyl sites for hydroxylation is 1. The van der Waals surface area contributed by atoms with Crippen LogP contribution in [0.25, 0.3) is 5.57 Å². The molecule has 60 valence electrons. The van der Waals surface area contributed by atoms with Crippen LogP contribution in [0.2, 0.25) is 0 Å². The Bertz CT molecular complexity index is 260. The molecule has 3 nitrogen and oxygen atoms in total. The minimum Gasteiger partial charge on any atom is -0.197 e. The first-order valence-electron chi connectivity index (χ1n) is 3.82. The highest BCUT2D eigenvalue weighted by Gasteiger charge is 2.05. The third-order valence-electron chi connectivity index (χ3n) is 1.76. The molecule has 0 radical (unpaired) electrons. The first-order valence-corrected chi connectivity index (χ1v) is 3.82. The number of nitrogens with zero attached hydrogens (tertiary/aromatic N) is 2. The summed E-state index contributed by atoms with van der Waals surface area (Å²) in [5, 5.41) is 10.6. The van der Waals surface area contributed by atoms with E-state index in [-0.39, 0.29) is 0 Å². The van der Waals surface area contributed by atoms with Crippen LogP contribution in [0.15, 0.2) is 6.08 Å². The fourth-order valence-corrected chi connectivity index (χ4v) is 1.10. The van der Waals surface area contributed by atoms with E-state index in [1.165, 1.54) is 5.57 Å². The molecular formula is C8H13N3. The summed E-state index contributed by atoms with van der Waals surface area (Å²) in [6, 6.07) is 0. The normalized spacial score (nSPS) is 12.1. The molecule has 0 aliphatic carbocycles. The number of rotatable bonds is 2. The van der Waals surface area contributed by atoms with Crippen LogP contribution in [0.5, 0.6) is 0 Å². The summed E-state index contributed by atoms with van der Waals surface area (Å²) in [7, 11) is 0. The van der Waals surface area contributed by atoms with Crippen molar-refractivity contribution in [1.82, 2.24) is 15.4 Å². The van der Waals surface area contributed by atoms with Gasteiger partial charge in [-0.05, 0) is 25.8 Å². The SMILES string of the molecule is C/C=C(\CC)c1n[nH]nc1C. The maximum absolute atomic E-state index is 4.05. The van der Waals surface area contributed by atoms with Crippen molar-refractivity contribution in [3.05, 3.63) is 17.5 Å². The Kier molecular flexibility index (Phi) is 2.41. The van der Waals surface area contributed by atoms with Gasteiger partial charge in [0.2, 0.25) is 0 Å². The van der Waals surface area contributed by atoms with Gasteiger partial charge < -0.3 is 0 Å². The Morgan fingerprint density at radius 1 is 1.55 bits per heavy atom. The second kappa shape index (κ2) is 3.32. The van der Waals surface area contributed by atoms with Gasteiger partial charge in [-0.25, -0.2) is 0 Å². The Morgan fingerprint density at radius 2 is 2.27 bits per heavy atom. The van der Waals surface area contributed by atoms with E-state index in [0.29, 0.717) is 0 Å². The van der Waals surface area contributed by atoms with E-state index >= 15 is 0 Å². The highest BCUT2D eigenvalue weighted by molar-refractivity contribution is 5.62. The van der Waals surface area contributed by atoms with Crippen LogP contribution in [0, 0.1) is 6.92 Å². The van der Waals surface area contributed by atoms with Crippen LogP contribution in [-0.2, 0) is 0 Å². The molecule has 1 aromatic rings. The molecule has 0 fully saturated rings. The lowest BCUT2D eigenvalue weighted by Crippen LogP contribution is -1.85. The van der Waals surface area contributed by atoms with Crippen molar-refractivity contribution in [3.8, 4) is 0 Å². The van der Waals surface area contributed by atoms with E-state index in [4.69, 9.17) is 0 Å². The molecule has 1 N–H and O–H groups in total. The fraction of sp³-hybridized carbons (Fsp3) is 0.500. The van der Waals surface area contributed by atoms with Crippen molar-refractivity contribution in [2.24, 2.45) is 0 Å². The average Bonchev–Trinajstić information content (AvgIpc) is 2.40. The van der Waals surface area contributed by atoms with Crippen LogP contribution in [0.3, 0.4) is 0 Å². The van der Waals surface area contributed by atoms with Crippen molar-refractivity contribution in [2.45, 2.75) is 27.2 Å². The van der Waals surface area contributed by atoms with E-state index in [1.807, 2.05) is 13.8 Å². The van der Waals surface area contributed by atoms with Crippen LogP contribution < -0.4 is 0 Å². The maximum Gasteiger partial charge on any atom is 0.111 e. The predicted molar refractivity (Wildman–Crippen MR) is 45.1 cm³/mol. The zero-order valence-electron chi connectivity index (χ0n) is 7.18. The third kappa shape index (κ3) is 1.48. The molecule has 3 heteroatoms. The number of hydrogen-bond acceptors (Lipinski definition) is 2. The molecule has 1 rings (SSSR count). The molecule has 11 heavy (non-hydrogen) atoms. The van der Waals surface area contributed by atoms with Crippen molar-refractivity contribution in [3.63, 3.8) is 0 Å². The molecule has 0 aliphatic rings. The van der Waals surface area contributed by atoms with Crippen LogP contribution in [0.1, 0.15) is 31.7 Å². The number of aromatic amines is 1. The molecular weight excluding hydrogens is 138 g/mol. The van der Waals surface area contributed by atoms with Gasteiger partial charge in [0, 0.05) is 0 Å². The summed E-state index contributed by atoms with van der Waals surface area (Å²) in [6.07, 6.45) is 3.08. The van der Waals surface area contributed by atoms with Crippen molar-refractivity contribution in [1.29, 1.82) is 0 Å². The molecule has 0 aromatic carbocycles. The monoisotopic (exact) mass is 151 g/mol. The zero-order chi connectivity index (χ0) is 8.27. The lowest BCUT2D eigenvalue weighted by Gasteiger charge is -1.97. The maximum atomic E-state index is 4.05. The van der Waals surface area contributed by atoms with Gasteiger partial charge in [0.25, 0.3) is 0 Å². The highest BCUT2D eigenvalue weighted by atomic mass is 15.3. The minimum atomic E-state index is 0.972. The summed E-state index contributed by atoms with van der Waals surface area (Å²) in [4.78, 5) is 0. The Morgan fingerprint density at radius 3 is 2.64 bits per heavy atom. The van der Waals surface area contributed by atoms with E-state index in [0.717, 1.165) is 17.8 Å². The smallest absolute Gasteiger partial charge is 0.111 e. The average molecular weight is 151 g/mol. The van der Waals surface area contributed by atoms with E-state index in [9.17, 15) is 0 Å². The Labute approximate surface area is 66.5 Å². The molecule has 0 spiro atoms. The van der Waals surface area contributed by atoms with Crippen LogP contribution >= 0.6 is 0 Å². The quantitative estimate of drug-likeness (QED) is 0.701. The number of allylic oxidation sites excluding steroid dienone is 2. The number of H-pyrrole nitrogens is 1. The molecule has 0 unspecified atom stereocenters. The van der Waals surface area contributed by atoms with Crippen molar-refractivity contribution in [2.75, 3.05) is 0 Å². The molecule has 0 atom stereocenters. The van der Waals surface area contributed by atoms with Crippen LogP contribution in [-0.4, -0.2) is 15.4 Å². The summed E-state index contributed by atoms with van der Waals surface area (Å²) in [5.41, 5.74) is 3.21. The van der Waals surface area contributed by atoms with Crippen LogP contribution in [0.4, 0.5) is 0 Å². The molecule has 0 aliphatic heterocycles. The summed E-state index contributed by atoms with van der Waals surface area (Å²) >= 11 is 0. The molecule has 1 aromatic heterocycles. The minimum absolute atomic E-state index is 0.972. The second-order valence-electron chi connectivity index (χ2n) is 2.43. The predicted octanol–water partition coefficient (Wildman–Crippen LogP) is 1.93. The Hall–Kier alpha value is -1.12. The fourth-order valence-electron chi connectivity index (χ4n) is 1.10. The zero-order valence-corrected chi connectivity index (χ0v) is 7.18. The summed E-state index contributed by atoms with van der Waals surface area (Å²) in [6.45, 7) is 6.09. The largest absolute Gasteiger partial charge is 0.197 e. The summed E-state index contributed by atoms with van der Waals surface area (Å²) < 4.78 is 0. The topological polar surface area (TPSA) is 41.6 Å². The molecule has 0 saturated heterocycles. The standard InChI is InChI=1S/C8H13N3/c1-4-7(5-2)8-6(3)9-11-10-8/h4H,5H2,1-3H3,(H,9,10,11)/b7-4+. The second-order valence-corrected chi connectivity index (χ2v) is 2.43. The first-order chi connectivity index (χ1) is 5.29. The van der Waals surface area contributed by atoms with E-state index < -0.39 is 0 Å². The molecule has 0 saturated carbocycles. The lowest BCUT2D eigenvalue weighted by molar-refractivity contribution is 0.924. The number of nitrogens with one attached hydrogen (secondary N) is 1. The highest BCUT2D eigenvalue weighted by Crippen LogP contribution is 2.16. The summed E-state index contributed by atoms with van der Waals surface area (Å²) in [5.74, 6) is 0. The van der Waals surface area contributed by atoms with Gasteiger partial charge in [0.1, 0.15) is 5.69 Å². The molecule has 0 amide bonds. The van der Waals surface area contributed by atoms with Crippen molar-refractivity contribution >= 4 is 5.57 Å². The molecule has 1 heterocycles. The Balaban J connectivity index is 3.00. The lowest BCUT2D eigenvalue weighted by atomic mass is 10.1. The van der Waals surface area contributed by atoms with Gasteiger partial charge in [0.15, 0.2) is 0 Å². The van der Waals surface area contributed by atoms with E-state index in [1.54, 1.807) is 0 Å². The van der Waals surface area contributed by atoms with Crippen molar-refractivity contribution < 1.29 is 0 Å². The van der Waals surface area contributed by atoms with Gasteiger partial charge in [0.05, 0.1) is 5.69 Å². The van der Waals surface area contributed by atoms with Gasteiger partial charge in [-0.3, -0.25) is 0 Å². The number of aromatic nitrogens is 3.